The number of hydrogen-bond acceptors (Lipinski definition) is 7. The first-order chi connectivity index (χ1) is 12.2. The summed E-state index contributed by atoms with van der Waals surface area (Å²) in [6.07, 6.45) is 2.08. The van der Waals surface area contributed by atoms with E-state index in [4.69, 9.17) is 0 Å². The van der Waals surface area contributed by atoms with Crippen LogP contribution in [0.2, 0.25) is 0 Å². The van der Waals surface area contributed by atoms with Crippen molar-refractivity contribution >= 4 is 21.3 Å². The Labute approximate surface area is 151 Å². The second-order valence-corrected chi connectivity index (χ2v) is 8.84. The summed E-state index contributed by atoms with van der Waals surface area (Å²) in [6, 6.07) is 2.80. The van der Waals surface area contributed by atoms with E-state index >= 15 is 0 Å². The number of sulfone groups is 1. The molecule has 1 aliphatic heterocycles. The summed E-state index contributed by atoms with van der Waals surface area (Å²) in [6.45, 7) is 4.17. The zero-order valence-electron chi connectivity index (χ0n) is 14.9. The lowest BCUT2D eigenvalue weighted by Crippen LogP contribution is -2.20. The van der Waals surface area contributed by atoms with Crippen LogP contribution < -0.4 is 4.90 Å². The molecule has 2 aromatic rings. The van der Waals surface area contributed by atoms with Gasteiger partial charge in [0.1, 0.15) is 0 Å². The van der Waals surface area contributed by atoms with Crippen molar-refractivity contribution in [3.8, 4) is 0 Å². The minimum atomic E-state index is -3.00. The van der Waals surface area contributed by atoms with Gasteiger partial charge in [-0.15, -0.1) is 0 Å². The van der Waals surface area contributed by atoms with Gasteiger partial charge in [-0.05, 0) is 26.3 Å². The van der Waals surface area contributed by atoms with Gasteiger partial charge < -0.3 is 4.90 Å². The number of anilines is 1. The molecule has 0 amide bonds. The second-order valence-electron chi connectivity index (χ2n) is 6.61. The number of pyridine rings is 1. The molecule has 0 radical (unpaired) electrons. The van der Waals surface area contributed by atoms with Crippen molar-refractivity contribution in [2.24, 2.45) is 0 Å². The molecule has 3 heterocycles. The van der Waals surface area contributed by atoms with Crippen LogP contribution in [0.5, 0.6) is 0 Å². The average molecular weight is 379 g/mol. The van der Waals surface area contributed by atoms with Gasteiger partial charge in [-0.25, -0.2) is 13.4 Å². The third-order valence-corrected chi connectivity index (χ3v) is 6.50. The summed E-state index contributed by atoms with van der Waals surface area (Å²) in [4.78, 5) is 16.6. The van der Waals surface area contributed by atoms with Crippen LogP contribution in [0.4, 0.5) is 11.5 Å². The van der Waals surface area contributed by atoms with Crippen molar-refractivity contribution in [3.05, 3.63) is 45.4 Å². The van der Waals surface area contributed by atoms with Crippen molar-refractivity contribution in [2.45, 2.75) is 32.9 Å². The summed E-state index contributed by atoms with van der Waals surface area (Å²) in [7, 11) is -1.26. The Kier molecular flexibility index (Phi) is 4.70. The SMILES string of the molecule is Cc1nn([C@@H]2CCS(=O)(=O)C2)c(C)c1CN(C)c1ncccc1[N+](=O)[O-]. The molecule has 1 atom stereocenters. The number of hydrogen-bond donors (Lipinski definition) is 0. The number of nitro groups is 1. The maximum absolute atomic E-state index is 11.8. The Bertz CT molecular complexity index is 954. The quantitative estimate of drug-likeness (QED) is 0.575. The van der Waals surface area contributed by atoms with Gasteiger partial charge in [0.05, 0.1) is 28.2 Å². The van der Waals surface area contributed by atoms with Gasteiger partial charge in [0, 0.05) is 37.1 Å². The molecule has 9 nitrogen and oxygen atoms in total. The van der Waals surface area contributed by atoms with Gasteiger partial charge in [0.2, 0.25) is 5.82 Å². The molecular formula is C16H21N5O4S. The molecular weight excluding hydrogens is 358 g/mol. The highest BCUT2D eigenvalue weighted by molar-refractivity contribution is 7.91. The molecule has 140 valence electrons. The smallest absolute Gasteiger partial charge is 0.311 e. The van der Waals surface area contributed by atoms with E-state index in [1.165, 1.54) is 18.3 Å². The molecule has 2 aromatic heterocycles. The van der Waals surface area contributed by atoms with Crippen LogP contribution in [0, 0.1) is 24.0 Å². The standard InChI is InChI=1S/C16H21N5O4S/c1-11-14(9-19(3)16-15(21(22)23)5-4-7-17-16)12(2)20(18-11)13-6-8-26(24,25)10-13/h4-5,7,13H,6,8-10H2,1-3H3/t13-/m1/s1. The van der Waals surface area contributed by atoms with E-state index in [0.717, 1.165) is 17.0 Å². The molecule has 1 fully saturated rings. The van der Waals surface area contributed by atoms with E-state index in [1.807, 2.05) is 13.8 Å². The van der Waals surface area contributed by atoms with Crippen LogP contribution in [-0.2, 0) is 16.4 Å². The van der Waals surface area contributed by atoms with Crippen molar-refractivity contribution < 1.29 is 13.3 Å². The van der Waals surface area contributed by atoms with Crippen molar-refractivity contribution in [1.29, 1.82) is 0 Å². The molecule has 0 bridgehead atoms. The number of aryl methyl sites for hydroxylation is 1. The van der Waals surface area contributed by atoms with Gasteiger partial charge in [-0.1, -0.05) is 0 Å². The maximum atomic E-state index is 11.8. The van der Waals surface area contributed by atoms with Crippen molar-refractivity contribution in [3.63, 3.8) is 0 Å². The fourth-order valence-electron chi connectivity index (χ4n) is 3.39. The normalized spacial score (nSPS) is 18.8. The van der Waals surface area contributed by atoms with Crippen LogP contribution in [0.1, 0.15) is 29.4 Å². The zero-order chi connectivity index (χ0) is 19.1. The Hall–Kier alpha value is -2.49. The first-order valence-electron chi connectivity index (χ1n) is 8.25. The Balaban J connectivity index is 1.88. The predicted octanol–water partition coefficient (Wildman–Crippen LogP) is 1.80. The second kappa shape index (κ2) is 6.67. The van der Waals surface area contributed by atoms with Crippen LogP contribution in [0.3, 0.4) is 0 Å². The summed E-state index contributed by atoms with van der Waals surface area (Å²) in [5.41, 5.74) is 2.54. The van der Waals surface area contributed by atoms with Crippen LogP contribution in [0.15, 0.2) is 18.3 Å². The van der Waals surface area contributed by atoms with Crippen LogP contribution in [0.25, 0.3) is 0 Å². The fourth-order valence-corrected chi connectivity index (χ4v) is 5.08. The predicted molar refractivity (Wildman–Crippen MR) is 97.0 cm³/mol. The molecule has 10 heteroatoms. The molecule has 0 N–H and O–H groups in total. The third-order valence-electron chi connectivity index (χ3n) is 4.75. The van der Waals surface area contributed by atoms with Gasteiger partial charge in [-0.3, -0.25) is 14.8 Å². The largest absolute Gasteiger partial charge is 0.349 e. The Morgan fingerprint density at radius 2 is 2.15 bits per heavy atom. The summed E-state index contributed by atoms with van der Waals surface area (Å²) in [5.74, 6) is 0.578. The monoisotopic (exact) mass is 379 g/mol. The van der Waals surface area contributed by atoms with Crippen LogP contribution in [-0.4, -0.2) is 46.7 Å². The van der Waals surface area contributed by atoms with E-state index < -0.39 is 14.8 Å². The van der Waals surface area contributed by atoms with E-state index in [9.17, 15) is 18.5 Å². The number of nitrogens with zero attached hydrogens (tertiary/aromatic N) is 5. The minimum absolute atomic E-state index is 0.0559. The third kappa shape index (κ3) is 3.41. The minimum Gasteiger partial charge on any atom is -0.349 e. The molecule has 0 aliphatic carbocycles. The van der Waals surface area contributed by atoms with Crippen LogP contribution >= 0.6 is 0 Å². The number of rotatable bonds is 5. The lowest BCUT2D eigenvalue weighted by Gasteiger charge is -2.18. The summed E-state index contributed by atoms with van der Waals surface area (Å²) in [5, 5.41) is 15.8. The highest BCUT2D eigenvalue weighted by atomic mass is 32.2. The highest BCUT2D eigenvalue weighted by Crippen LogP contribution is 2.29. The summed E-state index contributed by atoms with van der Waals surface area (Å²) < 4.78 is 25.3. The first-order valence-corrected chi connectivity index (χ1v) is 10.1. The molecule has 1 saturated heterocycles. The van der Waals surface area contributed by atoms with Gasteiger partial charge in [-0.2, -0.15) is 5.10 Å². The molecule has 1 aliphatic rings. The molecule has 26 heavy (non-hydrogen) atoms. The Morgan fingerprint density at radius 1 is 1.42 bits per heavy atom. The van der Waals surface area contributed by atoms with Gasteiger partial charge in [0.15, 0.2) is 9.84 Å². The molecule has 3 rings (SSSR count). The molecule has 0 spiro atoms. The van der Waals surface area contributed by atoms with Crippen molar-refractivity contribution in [1.82, 2.24) is 14.8 Å². The average Bonchev–Trinajstić information content (AvgIpc) is 3.08. The van der Waals surface area contributed by atoms with Crippen molar-refractivity contribution in [2.75, 3.05) is 23.5 Å². The van der Waals surface area contributed by atoms with E-state index in [0.29, 0.717) is 13.0 Å². The summed E-state index contributed by atoms with van der Waals surface area (Å²) >= 11 is 0. The maximum Gasteiger partial charge on any atom is 0.311 e. The van der Waals surface area contributed by atoms with E-state index in [-0.39, 0.29) is 29.1 Å². The lowest BCUT2D eigenvalue weighted by molar-refractivity contribution is -0.384. The number of aromatic nitrogens is 3. The van der Waals surface area contributed by atoms with E-state index in [1.54, 1.807) is 16.6 Å². The van der Waals surface area contributed by atoms with Gasteiger partial charge in [0.25, 0.3) is 0 Å². The Morgan fingerprint density at radius 3 is 2.77 bits per heavy atom. The fraction of sp³-hybridized carbons (Fsp3) is 0.500. The lowest BCUT2D eigenvalue weighted by atomic mass is 10.1. The molecule has 0 aromatic carbocycles. The van der Waals surface area contributed by atoms with Gasteiger partial charge >= 0.3 is 5.69 Å². The first kappa shape index (κ1) is 18.3. The highest BCUT2D eigenvalue weighted by Gasteiger charge is 2.31. The zero-order valence-corrected chi connectivity index (χ0v) is 15.7. The van der Waals surface area contributed by atoms with E-state index in [2.05, 4.69) is 10.1 Å². The molecule has 0 saturated carbocycles. The molecule has 0 unspecified atom stereocenters. The topological polar surface area (TPSA) is 111 Å².